The smallest absolute Gasteiger partial charge is 0.0262 e. The normalized spacial score (nSPS) is 13.3. The molecule has 0 unspecified atom stereocenters. The first kappa shape index (κ1) is 11.6. The second-order valence-electron chi connectivity index (χ2n) is 1.77. The Kier molecular flexibility index (Phi) is 7.20. The maximum Gasteiger partial charge on any atom is 0.0262 e. The molecule has 0 fully saturated rings. The van der Waals surface area contributed by atoms with Gasteiger partial charge in [-0.2, -0.15) is 0 Å². The number of nitrogens with two attached hydrogens (primary N) is 1. The van der Waals surface area contributed by atoms with Crippen LogP contribution in [0.1, 0.15) is 0 Å². The number of nitrogens with zero attached hydrogens (tertiary/aromatic N) is 11. The molecule has 0 atom stereocenters. The van der Waals surface area contributed by atoms with Crippen LogP contribution in [0.4, 0.5) is 0 Å². The topological polar surface area (TPSA) is 153 Å². The summed E-state index contributed by atoms with van der Waals surface area (Å²) in [5.74, 6) is 4.60. The fourth-order valence-electron chi connectivity index (χ4n) is 0.228. The molecule has 0 aliphatic heterocycles. The van der Waals surface area contributed by atoms with E-state index in [9.17, 15) is 0 Å². The highest BCUT2D eigenvalue weighted by molar-refractivity contribution is 4.16. The molecule has 0 spiro atoms. The fourth-order valence-corrected chi connectivity index (χ4v) is 0.228. The maximum atomic E-state index is 4.60. The van der Waals surface area contributed by atoms with E-state index < -0.39 is 0 Å². The van der Waals surface area contributed by atoms with Crippen LogP contribution in [0.15, 0.2) is 52.2 Å². The molecule has 0 aromatic heterocycles. The van der Waals surface area contributed by atoms with Crippen LogP contribution in [0.5, 0.6) is 0 Å². The molecule has 0 rings (SSSR count). The molecule has 0 saturated heterocycles. The van der Waals surface area contributed by atoms with Crippen molar-refractivity contribution in [1.82, 2.24) is 5.01 Å². The lowest BCUT2D eigenvalue weighted by atomic mass is 11.2. The van der Waals surface area contributed by atoms with Crippen LogP contribution in [0.2, 0.25) is 0 Å². The fraction of sp³-hybridized carbons (Fsp3) is 1.00. The van der Waals surface area contributed by atoms with Gasteiger partial charge in [-0.1, -0.05) is 10.4 Å². The molecule has 0 radical (unpaired) electrons. The molecular formula is C2H8N12. The summed E-state index contributed by atoms with van der Waals surface area (Å²) in [7, 11) is 3.35. The van der Waals surface area contributed by atoms with Gasteiger partial charge in [-0.3, -0.25) is 5.01 Å². The van der Waals surface area contributed by atoms with Crippen LogP contribution in [0.3, 0.4) is 0 Å². The predicted molar refractivity (Wildman–Crippen MR) is 42.2 cm³/mol. The predicted octanol–water partition coefficient (Wildman–Crippen LogP) is 1.26. The van der Waals surface area contributed by atoms with Gasteiger partial charge in [0.05, 0.1) is 0 Å². The molecule has 0 heterocycles. The average Bonchev–Trinajstić information content (AvgIpc) is 2.15. The molecule has 0 aliphatic rings. The van der Waals surface area contributed by atoms with Crippen molar-refractivity contribution >= 4 is 0 Å². The summed E-state index contributed by atoms with van der Waals surface area (Å²) in [4.78, 5) is 0. The van der Waals surface area contributed by atoms with Crippen molar-refractivity contribution < 1.29 is 0 Å². The third kappa shape index (κ3) is 9.60. The summed E-state index contributed by atoms with van der Waals surface area (Å²) in [6, 6.07) is 0. The Morgan fingerprint density at radius 1 is 0.714 bits per heavy atom. The number of hydrogen-bond donors (Lipinski definition) is 1. The number of hydrogen-bond acceptors (Lipinski definition) is 2. The molecule has 14 heavy (non-hydrogen) atoms. The largest absolute Gasteiger partial charge is 0.303 e. The summed E-state index contributed by atoms with van der Waals surface area (Å²) in [5.41, 5.74) is 0. The van der Waals surface area contributed by atoms with Crippen LogP contribution in [-0.2, 0) is 0 Å². The molecule has 0 aliphatic carbocycles. The highest BCUT2D eigenvalue weighted by Crippen LogP contribution is 1.86. The average molecular weight is 200 g/mol. The standard InChI is InChI=1S/C2H8N12/c1-14(2)13-12-11-10-9-8-7-6-5-4-3/h1-2H3,(H2,3,5,7,9,11,13). The zero-order valence-corrected chi connectivity index (χ0v) is 7.50. The SMILES string of the molecule is CN(C)N=NN=NN=NN=NN=NN. The second kappa shape index (κ2) is 8.69. The van der Waals surface area contributed by atoms with E-state index in [0.29, 0.717) is 0 Å². The van der Waals surface area contributed by atoms with Gasteiger partial charge in [-0.25, -0.2) is 0 Å². The van der Waals surface area contributed by atoms with Gasteiger partial charge in [0.15, 0.2) is 0 Å². The van der Waals surface area contributed by atoms with E-state index in [1.807, 2.05) is 0 Å². The summed E-state index contributed by atoms with van der Waals surface area (Å²) in [6.07, 6.45) is 0. The molecule has 0 saturated carbocycles. The van der Waals surface area contributed by atoms with Crippen LogP contribution >= 0.6 is 0 Å². The van der Waals surface area contributed by atoms with Crippen molar-refractivity contribution in [3.63, 3.8) is 0 Å². The Hall–Kier alpha value is -2.40. The van der Waals surface area contributed by atoms with Crippen LogP contribution in [0.25, 0.3) is 0 Å². The van der Waals surface area contributed by atoms with Gasteiger partial charge in [0.2, 0.25) is 0 Å². The van der Waals surface area contributed by atoms with E-state index in [2.05, 4.69) is 58.1 Å². The van der Waals surface area contributed by atoms with Crippen LogP contribution in [-0.4, -0.2) is 19.1 Å². The molecule has 76 valence electrons. The van der Waals surface area contributed by atoms with E-state index in [1.165, 1.54) is 5.01 Å². The minimum absolute atomic E-state index is 1.43. The van der Waals surface area contributed by atoms with Crippen molar-refractivity contribution in [3.05, 3.63) is 0 Å². The minimum Gasteiger partial charge on any atom is -0.303 e. The first-order chi connectivity index (χ1) is 6.77. The van der Waals surface area contributed by atoms with Crippen molar-refractivity contribution in [2.24, 2.45) is 58.1 Å². The molecule has 12 heteroatoms. The minimum atomic E-state index is 1.43. The van der Waals surface area contributed by atoms with Crippen molar-refractivity contribution in [3.8, 4) is 0 Å². The van der Waals surface area contributed by atoms with Crippen molar-refractivity contribution in [1.29, 1.82) is 0 Å². The number of rotatable bonds is 5. The molecule has 2 N–H and O–H groups in total. The molecular weight excluding hydrogens is 192 g/mol. The van der Waals surface area contributed by atoms with E-state index in [-0.39, 0.29) is 0 Å². The van der Waals surface area contributed by atoms with Crippen LogP contribution < -0.4 is 5.84 Å². The van der Waals surface area contributed by atoms with E-state index >= 15 is 0 Å². The Balaban J connectivity index is 3.71. The summed E-state index contributed by atoms with van der Waals surface area (Å²) < 4.78 is 0. The Bertz CT molecular complexity index is 255. The molecule has 0 aromatic rings. The summed E-state index contributed by atoms with van der Waals surface area (Å²) >= 11 is 0. The second-order valence-corrected chi connectivity index (χ2v) is 1.77. The quantitative estimate of drug-likeness (QED) is 0.403. The third-order valence-corrected chi connectivity index (χ3v) is 0.551. The van der Waals surface area contributed by atoms with Crippen LogP contribution in [0, 0.1) is 0 Å². The van der Waals surface area contributed by atoms with Crippen molar-refractivity contribution in [2.45, 2.75) is 0 Å². The Labute approximate surface area is 78.3 Å². The van der Waals surface area contributed by atoms with Gasteiger partial charge in [-0.05, 0) is 41.8 Å². The lowest BCUT2D eigenvalue weighted by molar-refractivity contribution is 0.397. The lowest BCUT2D eigenvalue weighted by Gasteiger charge is -1.95. The van der Waals surface area contributed by atoms with Gasteiger partial charge < -0.3 is 5.84 Å². The molecule has 0 amide bonds. The first-order valence-corrected chi connectivity index (χ1v) is 3.15. The Morgan fingerprint density at radius 3 is 1.57 bits per heavy atom. The van der Waals surface area contributed by atoms with Gasteiger partial charge in [0, 0.05) is 14.1 Å². The lowest BCUT2D eigenvalue weighted by Crippen LogP contribution is -1.98. The first-order valence-electron chi connectivity index (χ1n) is 3.15. The van der Waals surface area contributed by atoms with Gasteiger partial charge in [-0.15, -0.1) is 0 Å². The Morgan fingerprint density at radius 2 is 1.14 bits per heavy atom. The van der Waals surface area contributed by atoms with Gasteiger partial charge >= 0.3 is 0 Å². The highest BCUT2D eigenvalue weighted by Gasteiger charge is 1.73. The molecule has 0 aromatic carbocycles. The summed E-state index contributed by atoms with van der Waals surface area (Å²) in [5, 5.41) is 32.1. The van der Waals surface area contributed by atoms with E-state index in [0.717, 1.165) is 0 Å². The molecule has 0 bridgehead atoms. The van der Waals surface area contributed by atoms with Gasteiger partial charge in [0.1, 0.15) is 0 Å². The zero-order valence-electron chi connectivity index (χ0n) is 7.50. The monoisotopic (exact) mass is 200 g/mol. The third-order valence-electron chi connectivity index (χ3n) is 0.551. The van der Waals surface area contributed by atoms with E-state index in [1.54, 1.807) is 14.1 Å². The zero-order chi connectivity index (χ0) is 10.6. The van der Waals surface area contributed by atoms with E-state index in [4.69, 9.17) is 0 Å². The summed E-state index contributed by atoms with van der Waals surface area (Å²) in [6.45, 7) is 0. The molecule has 12 nitrogen and oxygen atoms in total. The van der Waals surface area contributed by atoms with Crippen molar-refractivity contribution in [2.75, 3.05) is 14.1 Å². The maximum absolute atomic E-state index is 4.60. The van der Waals surface area contributed by atoms with Gasteiger partial charge in [0.25, 0.3) is 0 Å². The highest BCUT2D eigenvalue weighted by atomic mass is 15.7.